The zero-order chi connectivity index (χ0) is 19.1. The Morgan fingerprint density at radius 1 is 1.23 bits per heavy atom. The number of anilines is 1. The molecule has 132 valence electrons. The van der Waals surface area contributed by atoms with Gasteiger partial charge in [0.25, 0.3) is 5.91 Å². The number of carboxylic acid groups (broad SMARTS) is 1. The number of nitriles is 1. The molecule has 2 aromatic carbocycles. The molecule has 0 aliphatic heterocycles. The standard InChI is InChI=1S/C18H12Cl2N2O4/c19-13-5-6-15(14(20)8-13)22-18(25)12(9-21)7-11-3-1-2-4-16(11)26-10-17(23)24/h1-8H,10H2,(H,22,25)(H,23,24)/b12-7-. The summed E-state index contributed by atoms with van der Waals surface area (Å²) < 4.78 is 5.15. The molecular formula is C18H12Cl2N2O4. The summed E-state index contributed by atoms with van der Waals surface area (Å²) in [7, 11) is 0. The van der Waals surface area contributed by atoms with Crippen molar-refractivity contribution in [2.24, 2.45) is 0 Å². The van der Waals surface area contributed by atoms with Crippen LogP contribution in [0.25, 0.3) is 6.08 Å². The van der Waals surface area contributed by atoms with E-state index in [1.165, 1.54) is 24.3 Å². The maximum absolute atomic E-state index is 12.3. The highest BCUT2D eigenvalue weighted by atomic mass is 35.5. The average molecular weight is 391 g/mol. The average Bonchev–Trinajstić information content (AvgIpc) is 2.60. The number of hydrogen-bond donors (Lipinski definition) is 2. The van der Waals surface area contributed by atoms with Gasteiger partial charge in [-0.3, -0.25) is 4.79 Å². The summed E-state index contributed by atoms with van der Waals surface area (Å²) in [6.45, 7) is -0.542. The Morgan fingerprint density at radius 3 is 2.62 bits per heavy atom. The van der Waals surface area contributed by atoms with E-state index in [2.05, 4.69) is 5.32 Å². The molecule has 0 aromatic heterocycles. The lowest BCUT2D eigenvalue weighted by atomic mass is 10.1. The summed E-state index contributed by atoms with van der Waals surface area (Å²) >= 11 is 11.8. The number of carboxylic acids is 1. The van der Waals surface area contributed by atoms with Gasteiger partial charge in [-0.1, -0.05) is 41.4 Å². The molecule has 0 saturated carbocycles. The number of amides is 1. The second kappa shape index (κ2) is 8.90. The normalized spacial score (nSPS) is 10.7. The van der Waals surface area contributed by atoms with Gasteiger partial charge in [0.2, 0.25) is 0 Å². The molecule has 0 aliphatic carbocycles. The number of aliphatic carboxylic acids is 1. The minimum atomic E-state index is -1.14. The van der Waals surface area contributed by atoms with Crippen LogP contribution in [0.3, 0.4) is 0 Å². The molecular weight excluding hydrogens is 379 g/mol. The van der Waals surface area contributed by atoms with E-state index in [0.717, 1.165) is 0 Å². The first-order chi connectivity index (χ1) is 12.4. The molecule has 0 heterocycles. The van der Waals surface area contributed by atoms with Crippen molar-refractivity contribution in [3.63, 3.8) is 0 Å². The number of rotatable bonds is 6. The van der Waals surface area contributed by atoms with Crippen LogP contribution in [-0.2, 0) is 9.59 Å². The van der Waals surface area contributed by atoms with Crippen LogP contribution in [0.15, 0.2) is 48.0 Å². The lowest BCUT2D eigenvalue weighted by Crippen LogP contribution is -2.14. The van der Waals surface area contributed by atoms with E-state index in [1.54, 1.807) is 30.3 Å². The van der Waals surface area contributed by atoms with Gasteiger partial charge in [-0.05, 0) is 30.3 Å². The molecule has 1 amide bonds. The SMILES string of the molecule is N#C/C(=C/c1ccccc1OCC(=O)O)C(=O)Nc1ccc(Cl)cc1Cl. The molecule has 2 aromatic rings. The van der Waals surface area contributed by atoms with Gasteiger partial charge in [0.05, 0.1) is 10.7 Å². The smallest absolute Gasteiger partial charge is 0.341 e. The summed E-state index contributed by atoms with van der Waals surface area (Å²) in [5.74, 6) is -1.58. The second-order valence-corrected chi connectivity index (χ2v) is 5.81. The number of carbonyl (C=O) groups is 2. The minimum absolute atomic E-state index is 0.206. The molecule has 8 heteroatoms. The number of nitrogens with one attached hydrogen (secondary N) is 1. The number of carbonyl (C=O) groups excluding carboxylic acids is 1. The third-order valence-electron chi connectivity index (χ3n) is 3.11. The highest BCUT2D eigenvalue weighted by Crippen LogP contribution is 2.26. The first-order valence-electron chi connectivity index (χ1n) is 7.22. The molecule has 0 radical (unpaired) electrons. The fourth-order valence-electron chi connectivity index (χ4n) is 1.96. The van der Waals surface area contributed by atoms with Crippen molar-refractivity contribution in [1.82, 2.24) is 0 Å². The van der Waals surface area contributed by atoms with Crippen molar-refractivity contribution in [2.45, 2.75) is 0 Å². The van der Waals surface area contributed by atoms with Crippen LogP contribution in [0.4, 0.5) is 5.69 Å². The quantitative estimate of drug-likeness (QED) is 0.573. The number of hydrogen-bond acceptors (Lipinski definition) is 4. The van der Waals surface area contributed by atoms with Crippen LogP contribution < -0.4 is 10.1 Å². The van der Waals surface area contributed by atoms with Gasteiger partial charge >= 0.3 is 5.97 Å². The van der Waals surface area contributed by atoms with E-state index in [9.17, 15) is 14.9 Å². The van der Waals surface area contributed by atoms with Gasteiger partial charge < -0.3 is 15.2 Å². The molecule has 0 unspecified atom stereocenters. The van der Waals surface area contributed by atoms with Gasteiger partial charge in [-0.2, -0.15) is 5.26 Å². The van der Waals surface area contributed by atoms with Gasteiger partial charge in [0.15, 0.2) is 6.61 Å². The van der Waals surface area contributed by atoms with Crippen LogP contribution >= 0.6 is 23.2 Å². The van der Waals surface area contributed by atoms with E-state index in [1.807, 2.05) is 0 Å². The second-order valence-electron chi connectivity index (χ2n) is 4.97. The monoisotopic (exact) mass is 390 g/mol. The number of para-hydroxylation sites is 1. The Morgan fingerprint density at radius 2 is 1.96 bits per heavy atom. The number of benzene rings is 2. The van der Waals surface area contributed by atoms with Crippen LogP contribution in [-0.4, -0.2) is 23.6 Å². The highest BCUT2D eigenvalue weighted by molar-refractivity contribution is 6.36. The van der Waals surface area contributed by atoms with E-state index < -0.39 is 18.5 Å². The summed E-state index contributed by atoms with van der Waals surface area (Å²) in [5.41, 5.74) is 0.489. The Bertz CT molecular complexity index is 920. The van der Waals surface area contributed by atoms with E-state index >= 15 is 0 Å². The number of nitrogens with zero attached hydrogens (tertiary/aromatic N) is 1. The minimum Gasteiger partial charge on any atom is -0.481 e. The van der Waals surface area contributed by atoms with Gasteiger partial charge in [0.1, 0.15) is 17.4 Å². The number of halogens is 2. The molecule has 0 saturated heterocycles. The molecule has 2 N–H and O–H groups in total. The number of ether oxygens (including phenoxy) is 1. The predicted molar refractivity (Wildman–Crippen MR) is 98.3 cm³/mol. The van der Waals surface area contributed by atoms with Crippen molar-refractivity contribution < 1.29 is 19.4 Å². The van der Waals surface area contributed by atoms with Gasteiger partial charge in [-0.25, -0.2) is 4.79 Å². The van der Waals surface area contributed by atoms with Crippen LogP contribution in [0.5, 0.6) is 5.75 Å². The zero-order valence-corrected chi connectivity index (χ0v) is 14.7. The zero-order valence-electron chi connectivity index (χ0n) is 13.2. The Kier molecular flexibility index (Phi) is 6.61. The van der Waals surface area contributed by atoms with E-state index in [-0.39, 0.29) is 16.3 Å². The maximum atomic E-state index is 12.3. The van der Waals surface area contributed by atoms with E-state index in [0.29, 0.717) is 16.3 Å². The van der Waals surface area contributed by atoms with Crippen LogP contribution in [0, 0.1) is 11.3 Å². The molecule has 0 fully saturated rings. The van der Waals surface area contributed by atoms with Crippen molar-refractivity contribution >= 4 is 46.8 Å². The molecule has 0 aliphatic rings. The first-order valence-corrected chi connectivity index (χ1v) is 7.98. The third kappa shape index (κ3) is 5.24. The molecule has 0 spiro atoms. The highest BCUT2D eigenvalue weighted by Gasteiger charge is 2.13. The van der Waals surface area contributed by atoms with Gasteiger partial charge in [0, 0.05) is 10.6 Å². The Labute approximate surface area is 159 Å². The van der Waals surface area contributed by atoms with Crippen molar-refractivity contribution in [3.05, 3.63) is 63.6 Å². The summed E-state index contributed by atoms with van der Waals surface area (Å²) in [6.07, 6.45) is 1.30. The Balaban J connectivity index is 2.26. The first kappa shape index (κ1) is 19.3. The lowest BCUT2D eigenvalue weighted by molar-refractivity contribution is -0.139. The molecule has 2 rings (SSSR count). The largest absolute Gasteiger partial charge is 0.481 e. The fourth-order valence-corrected chi connectivity index (χ4v) is 2.41. The molecule has 6 nitrogen and oxygen atoms in total. The van der Waals surface area contributed by atoms with E-state index in [4.69, 9.17) is 33.0 Å². The summed E-state index contributed by atoms with van der Waals surface area (Å²) in [6, 6.07) is 12.8. The fraction of sp³-hybridized carbons (Fsp3) is 0.0556. The van der Waals surface area contributed by atoms with Crippen LogP contribution in [0.2, 0.25) is 10.0 Å². The van der Waals surface area contributed by atoms with Gasteiger partial charge in [-0.15, -0.1) is 0 Å². The summed E-state index contributed by atoms with van der Waals surface area (Å²) in [4.78, 5) is 23.0. The van der Waals surface area contributed by atoms with Crippen molar-refractivity contribution in [2.75, 3.05) is 11.9 Å². The Hall–Kier alpha value is -3.01. The van der Waals surface area contributed by atoms with Crippen LogP contribution in [0.1, 0.15) is 5.56 Å². The summed E-state index contributed by atoms with van der Waals surface area (Å²) in [5, 5.41) is 21.2. The maximum Gasteiger partial charge on any atom is 0.341 e. The van der Waals surface area contributed by atoms with Crippen molar-refractivity contribution in [3.8, 4) is 11.8 Å². The molecule has 26 heavy (non-hydrogen) atoms. The topological polar surface area (TPSA) is 99.4 Å². The van der Waals surface area contributed by atoms with Crippen molar-refractivity contribution in [1.29, 1.82) is 5.26 Å². The third-order valence-corrected chi connectivity index (χ3v) is 3.66. The predicted octanol–water partition coefficient (Wildman–Crippen LogP) is 4.00. The lowest BCUT2D eigenvalue weighted by Gasteiger charge is -2.09. The molecule has 0 atom stereocenters. The molecule has 0 bridgehead atoms.